The molecule has 2 aromatic carbocycles. The van der Waals surface area contributed by atoms with Gasteiger partial charge in [-0.1, -0.05) is 0 Å². The number of hydrogen-bond acceptors (Lipinski definition) is 8. The zero-order chi connectivity index (χ0) is 19.8. The van der Waals surface area contributed by atoms with Crippen molar-refractivity contribution in [2.75, 3.05) is 13.2 Å². The number of esters is 1. The number of ether oxygens (including phenoxy) is 2. The standard InChI is InChI=1S/C17H16N2O8/c20-15-3-5-16(6-4-15)26-7-1-2-8-27-17(21)12-9-13(18(22)23)11-14(10-12)19(24)25/h3-6,9-11,20H,1-2,7-8H2. The largest absolute Gasteiger partial charge is 0.508 e. The van der Waals surface area contributed by atoms with Gasteiger partial charge < -0.3 is 14.6 Å². The first-order chi connectivity index (χ1) is 12.9. The van der Waals surface area contributed by atoms with Crippen molar-refractivity contribution in [3.05, 3.63) is 68.3 Å². The number of phenolic OH excluding ortho intramolecular Hbond substituents is 1. The molecule has 2 rings (SSSR count). The number of nitro benzene ring substituents is 2. The first-order valence-electron chi connectivity index (χ1n) is 7.89. The molecule has 2 aromatic rings. The highest BCUT2D eigenvalue weighted by Gasteiger charge is 2.20. The summed E-state index contributed by atoms with van der Waals surface area (Å²) >= 11 is 0. The maximum absolute atomic E-state index is 12.0. The number of phenols is 1. The normalized spacial score (nSPS) is 10.2. The highest BCUT2D eigenvalue weighted by Crippen LogP contribution is 2.23. The Morgan fingerprint density at radius 1 is 0.926 bits per heavy atom. The molecule has 0 amide bonds. The Hall–Kier alpha value is -3.69. The van der Waals surface area contributed by atoms with Crippen LogP contribution in [0.4, 0.5) is 11.4 Å². The van der Waals surface area contributed by atoms with E-state index in [9.17, 15) is 25.0 Å². The fourth-order valence-electron chi connectivity index (χ4n) is 2.11. The molecule has 0 aliphatic heterocycles. The molecule has 0 unspecified atom stereocenters. The smallest absolute Gasteiger partial charge is 0.338 e. The van der Waals surface area contributed by atoms with Gasteiger partial charge in [0.15, 0.2) is 0 Å². The Morgan fingerprint density at radius 3 is 2.04 bits per heavy atom. The summed E-state index contributed by atoms with van der Waals surface area (Å²) in [5, 5.41) is 30.8. The number of rotatable bonds is 9. The van der Waals surface area contributed by atoms with Gasteiger partial charge in [0, 0.05) is 12.1 Å². The highest BCUT2D eigenvalue weighted by molar-refractivity contribution is 5.91. The van der Waals surface area contributed by atoms with Crippen molar-refractivity contribution in [1.82, 2.24) is 0 Å². The molecule has 0 radical (unpaired) electrons. The van der Waals surface area contributed by atoms with Gasteiger partial charge in [-0.3, -0.25) is 20.2 Å². The van der Waals surface area contributed by atoms with E-state index in [1.807, 2.05) is 0 Å². The Kier molecular flexibility index (Phi) is 6.64. The molecule has 0 fully saturated rings. The van der Waals surface area contributed by atoms with Crippen molar-refractivity contribution in [2.45, 2.75) is 12.8 Å². The topological polar surface area (TPSA) is 142 Å². The first kappa shape index (κ1) is 19.6. The van der Waals surface area contributed by atoms with Gasteiger partial charge in [0.25, 0.3) is 11.4 Å². The minimum absolute atomic E-state index is 0.0360. The van der Waals surface area contributed by atoms with Gasteiger partial charge in [-0.2, -0.15) is 0 Å². The number of nitro groups is 2. The lowest BCUT2D eigenvalue weighted by Gasteiger charge is -2.07. The molecule has 10 heteroatoms. The van der Waals surface area contributed by atoms with E-state index in [1.165, 1.54) is 12.1 Å². The number of aromatic hydroxyl groups is 1. The van der Waals surface area contributed by atoms with Crippen LogP contribution in [0.1, 0.15) is 23.2 Å². The molecular weight excluding hydrogens is 360 g/mol. The van der Waals surface area contributed by atoms with Gasteiger partial charge in [0.1, 0.15) is 11.5 Å². The molecule has 0 saturated carbocycles. The minimum atomic E-state index is -0.874. The van der Waals surface area contributed by atoms with Crippen LogP contribution < -0.4 is 4.74 Å². The van der Waals surface area contributed by atoms with Gasteiger partial charge >= 0.3 is 5.97 Å². The average molecular weight is 376 g/mol. The predicted octanol–water partition coefficient (Wildman–Crippen LogP) is 3.22. The average Bonchev–Trinajstić information content (AvgIpc) is 2.65. The van der Waals surface area contributed by atoms with E-state index in [-0.39, 0.29) is 17.9 Å². The molecule has 142 valence electrons. The molecule has 27 heavy (non-hydrogen) atoms. The third-order valence-electron chi connectivity index (χ3n) is 3.44. The van der Waals surface area contributed by atoms with E-state index in [0.29, 0.717) is 25.2 Å². The molecule has 10 nitrogen and oxygen atoms in total. The quantitative estimate of drug-likeness (QED) is 0.304. The number of benzene rings is 2. The summed E-state index contributed by atoms with van der Waals surface area (Å²) in [6.07, 6.45) is 1.05. The fraction of sp³-hybridized carbons (Fsp3) is 0.235. The molecule has 1 N–H and O–H groups in total. The molecule has 0 atom stereocenters. The zero-order valence-electron chi connectivity index (χ0n) is 14.1. The van der Waals surface area contributed by atoms with Crippen LogP contribution in [-0.2, 0) is 4.74 Å². The van der Waals surface area contributed by atoms with Gasteiger partial charge in [-0.25, -0.2) is 4.79 Å². The van der Waals surface area contributed by atoms with Crippen molar-refractivity contribution in [3.8, 4) is 11.5 Å². The molecule has 0 spiro atoms. The summed E-state index contributed by atoms with van der Waals surface area (Å²) in [6, 6.07) is 8.86. The number of non-ortho nitro benzene ring substituents is 2. The third-order valence-corrected chi connectivity index (χ3v) is 3.44. The van der Waals surface area contributed by atoms with Crippen molar-refractivity contribution in [3.63, 3.8) is 0 Å². The van der Waals surface area contributed by atoms with E-state index in [4.69, 9.17) is 14.6 Å². The van der Waals surface area contributed by atoms with Crippen molar-refractivity contribution >= 4 is 17.3 Å². The van der Waals surface area contributed by atoms with Crippen molar-refractivity contribution in [1.29, 1.82) is 0 Å². The highest BCUT2D eigenvalue weighted by atomic mass is 16.6. The Bertz CT molecular complexity index is 803. The van der Waals surface area contributed by atoms with Crippen LogP contribution in [0.25, 0.3) is 0 Å². The number of carbonyl (C=O) groups excluding carboxylic acids is 1. The minimum Gasteiger partial charge on any atom is -0.508 e. The first-order valence-corrected chi connectivity index (χ1v) is 7.89. The van der Waals surface area contributed by atoms with Gasteiger partial charge in [0.05, 0.1) is 34.7 Å². The SMILES string of the molecule is O=C(OCCCCOc1ccc(O)cc1)c1cc([N+](=O)[O-])cc([N+](=O)[O-])c1. The van der Waals surface area contributed by atoms with Gasteiger partial charge in [0.2, 0.25) is 0 Å². The van der Waals surface area contributed by atoms with E-state index in [1.54, 1.807) is 12.1 Å². The van der Waals surface area contributed by atoms with Crippen LogP contribution in [0.3, 0.4) is 0 Å². The summed E-state index contributed by atoms with van der Waals surface area (Å²) in [7, 11) is 0. The van der Waals surface area contributed by atoms with Crippen LogP contribution in [-0.4, -0.2) is 34.1 Å². The second-order valence-electron chi connectivity index (χ2n) is 5.44. The summed E-state index contributed by atoms with van der Waals surface area (Å²) < 4.78 is 10.4. The number of unbranched alkanes of at least 4 members (excludes halogenated alkanes) is 1. The fourth-order valence-corrected chi connectivity index (χ4v) is 2.11. The summed E-state index contributed by atoms with van der Waals surface area (Å²) in [5.41, 5.74) is -1.37. The van der Waals surface area contributed by atoms with Crippen LogP contribution >= 0.6 is 0 Å². The lowest BCUT2D eigenvalue weighted by Crippen LogP contribution is -2.09. The monoisotopic (exact) mass is 376 g/mol. The molecular formula is C17H16N2O8. The summed E-state index contributed by atoms with van der Waals surface area (Å²) in [4.78, 5) is 32.0. The third kappa shape index (κ3) is 5.96. The van der Waals surface area contributed by atoms with Crippen LogP contribution in [0.15, 0.2) is 42.5 Å². The Labute approximate surface area is 153 Å². The molecule has 0 aromatic heterocycles. The van der Waals surface area contributed by atoms with Crippen LogP contribution in [0.2, 0.25) is 0 Å². The lowest BCUT2D eigenvalue weighted by atomic mass is 10.2. The van der Waals surface area contributed by atoms with Crippen molar-refractivity contribution in [2.24, 2.45) is 0 Å². The second-order valence-corrected chi connectivity index (χ2v) is 5.44. The van der Waals surface area contributed by atoms with Crippen LogP contribution in [0, 0.1) is 20.2 Å². The van der Waals surface area contributed by atoms with Crippen LogP contribution in [0.5, 0.6) is 11.5 Å². The molecule has 0 bridgehead atoms. The predicted molar refractivity (Wildman–Crippen MR) is 92.9 cm³/mol. The summed E-state index contributed by atoms with van der Waals surface area (Å²) in [5.74, 6) is -0.148. The zero-order valence-corrected chi connectivity index (χ0v) is 14.1. The molecule has 0 heterocycles. The Balaban J connectivity index is 1.80. The van der Waals surface area contributed by atoms with E-state index in [0.717, 1.165) is 18.2 Å². The molecule has 0 aliphatic rings. The number of nitrogens with zero attached hydrogens (tertiary/aromatic N) is 2. The summed E-state index contributed by atoms with van der Waals surface area (Å²) in [6.45, 7) is 0.402. The van der Waals surface area contributed by atoms with Gasteiger partial charge in [-0.15, -0.1) is 0 Å². The van der Waals surface area contributed by atoms with E-state index < -0.39 is 27.2 Å². The van der Waals surface area contributed by atoms with Gasteiger partial charge in [-0.05, 0) is 37.1 Å². The number of hydrogen-bond donors (Lipinski definition) is 1. The maximum atomic E-state index is 12.0. The second kappa shape index (κ2) is 9.13. The molecule has 0 aliphatic carbocycles. The van der Waals surface area contributed by atoms with E-state index in [2.05, 4.69) is 0 Å². The van der Waals surface area contributed by atoms with Crippen molar-refractivity contribution < 1.29 is 29.2 Å². The van der Waals surface area contributed by atoms with E-state index >= 15 is 0 Å². The Morgan fingerprint density at radius 2 is 1.48 bits per heavy atom. The maximum Gasteiger partial charge on any atom is 0.338 e. The molecule has 0 saturated heterocycles. The number of carbonyl (C=O) groups is 1. The lowest BCUT2D eigenvalue weighted by molar-refractivity contribution is -0.394.